The molecule has 6 nitrogen and oxygen atoms in total. The Hall–Kier alpha value is -2.08. The largest absolute Gasteiger partial charge is 0.508 e. The zero-order valence-corrected chi connectivity index (χ0v) is 7.72. The Morgan fingerprint density at radius 3 is 1.57 bits per heavy atom. The quantitative estimate of drug-likeness (QED) is 0.481. The number of para-hydroxylation sites is 1. The van der Waals surface area contributed by atoms with Gasteiger partial charge in [0.25, 0.3) is 0 Å². The Balaban J connectivity index is -0.000000152. The fourth-order valence-electron chi connectivity index (χ4n) is 0.428. The summed E-state index contributed by atoms with van der Waals surface area (Å²) in [6, 6.07) is 7.88. The van der Waals surface area contributed by atoms with E-state index < -0.39 is 6.03 Å². The first-order valence-corrected chi connectivity index (χ1v) is 3.20. The predicted octanol–water partition coefficient (Wildman–Crippen LogP) is 0.393. The van der Waals surface area contributed by atoms with Gasteiger partial charge < -0.3 is 27.5 Å². The van der Waals surface area contributed by atoms with Crippen LogP contribution in [0.4, 0.5) is 4.79 Å². The minimum atomic E-state index is -0.833. The van der Waals surface area contributed by atoms with Crippen molar-refractivity contribution in [3.05, 3.63) is 30.3 Å². The maximum absolute atomic E-state index is 9.00. The minimum absolute atomic E-state index is 0. The molecule has 0 saturated carbocycles. The Morgan fingerprint density at radius 1 is 1.14 bits per heavy atom. The van der Waals surface area contributed by atoms with Crippen molar-refractivity contribution in [1.82, 2.24) is 6.15 Å². The lowest BCUT2D eigenvalue weighted by Crippen LogP contribution is -2.18. The second-order valence-electron chi connectivity index (χ2n) is 1.74. The molecule has 0 saturated heterocycles. The van der Waals surface area contributed by atoms with Crippen molar-refractivity contribution in [2.24, 2.45) is 11.5 Å². The number of hydrogen-bond acceptors (Lipinski definition) is 4. The predicted molar refractivity (Wildman–Crippen MR) is 54.0 cm³/mol. The molecule has 0 radical (unpaired) electrons. The van der Waals surface area contributed by atoms with Gasteiger partial charge >= 0.3 is 6.03 Å². The molecular weight excluding hydrogens is 186 g/mol. The molecule has 1 aromatic rings. The summed E-state index contributed by atoms with van der Waals surface area (Å²) in [5, 5.41) is 8.63. The highest BCUT2D eigenvalue weighted by molar-refractivity contribution is 5.69. The van der Waals surface area contributed by atoms with Gasteiger partial charge in [-0.15, -0.1) is 0 Å². The molecule has 0 aliphatic carbocycles. The van der Waals surface area contributed by atoms with E-state index in [1.165, 1.54) is 0 Å². The first kappa shape index (κ1) is 17.9. The normalized spacial score (nSPS) is 6.29. The fraction of sp³-hybridized carbons (Fsp3) is 0. The van der Waals surface area contributed by atoms with Gasteiger partial charge in [-0.2, -0.15) is 0 Å². The van der Waals surface area contributed by atoms with Crippen molar-refractivity contribution >= 4 is 12.8 Å². The molecular formula is C8H15N3O3. The topological polar surface area (TPSA) is 141 Å². The monoisotopic (exact) mass is 201 g/mol. The van der Waals surface area contributed by atoms with Crippen molar-refractivity contribution in [1.29, 1.82) is 0 Å². The van der Waals surface area contributed by atoms with Crippen LogP contribution >= 0.6 is 0 Å². The third-order valence-electron chi connectivity index (χ3n) is 0.756. The highest BCUT2D eigenvalue weighted by Crippen LogP contribution is 2.02. The molecule has 8 N–H and O–H groups in total. The average Bonchev–Trinajstić information content (AvgIpc) is 2.08. The van der Waals surface area contributed by atoms with Crippen molar-refractivity contribution in [2.75, 3.05) is 0 Å². The van der Waals surface area contributed by atoms with E-state index in [1.54, 1.807) is 24.3 Å². The first-order chi connectivity index (χ1) is 6.13. The van der Waals surface area contributed by atoms with Gasteiger partial charge in [0.15, 0.2) is 0 Å². The van der Waals surface area contributed by atoms with E-state index in [0.29, 0.717) is 5.75 Å². The number of phenolic OH excluding ortho intramolecular Hbond substituents is 1. The van der Waals surface area contributed by atoms with Crippen LogP contribution in [0.5, 0.6) is 5.75 Å². The van der Waals surface area contributed by atoms with Crippen molar-refractivity contribution < 1.29 is 14.7 Å². The number of rotatable bonds is 0. The third-order valence-corrected chi connectivity index (χ3v) is 0.756. The molecule has 0 fully saturated rings. The number of aromatic hydroxyl groups is 1. The maximum atomic E-state index is 9.00. The summed E-state index contributed by atoms with van der Waals surface area (Å²) in [6.45, 7) is 2.00. The highest BCUT2D eigenvalue weighted by Gasteiger charge is 1.74. The van der Waals surface area contributed by atoms with Crippen LogP contribution in [-0.2, 0) is 4.79 Å². The van der Waals surface area contributed by atoms with E-state index in [0.717, 1.165) is 0 Å². The van der Waals surface area contributed by atoms with Crippen LogP contribution in [0.2, 0.25) is 0 Å². The van der Waals surface area contributed by atoms with Crippen LogP contribution in [0, 0.1) is 0 Å². The minimum Gasteiger partial charge on any atom is -0.508 e. The lowest BCUT2D eigenvalue weighted by molar-refractivity contribution is -0.0979. The van der Waals surface area contributed by atoms with Crippen molar-refractivity contribution in [3.63, 3.8) is 0 Å². The average molecular weight is 201 g/mol. The van der Waals surface area contributed by atoms with E-state index >= 15 is 0 Å². The summed E-state index contributed by atoms with van der Waals surface area (Å²) < 4.78 is 0. The zero-order chi connectivity index (χ0) is 10.7. The van der Waals surface area contributed by atoms with Crippen LogP contribution in [-0.4, -0.2) is 17.9 Å². The number of primary amides is 2. The third kappa shape index (κ3) is 22.5. The number of phenols is 1. The number of urea groups is 1. The van der Waals surface area contributed by atoms with Gasteiger partial charge in [-0.1, -0.05) is 18.2 Å². The highest BCUT2D eigenvalue weighted by atomic mass is 16.3. The van der Waals surface area contributed by atoms with Crippen LogP contribution < -0.4 is 17.6 Å². The molecule has 80 valence electrons. The summed E-state index contributed by atoms with van der Waals surface area (Å²) in [5.74, 6) is 0.322. The van der Waals surface area contributed by atoms with Crippen molar-refractivity contribution in [2.45, 2.75) is 0 Å². The maximum Gasteiger partial charge on any atom is 0.309 e. The summed E-state index contributed by atoms with van der Waals surface area (Å²) in [7, 11) is 0. The Labute approximate surface area is 82.1 Å². The van der Waals surface area contributed by atoms with Crippen LogP contribution in [0.3, 0.4) is 0 Å². The molecule has 0 unspecified atom stereocenters. The zero-order valence-electron chi connectivity index (χ0n) is 7.72. The van der Waals surface area contributed by atoms with E-state index in [9.17, 15) is 0 Å². The van der Waals surface area contributed by atoms with Gasteiger partial charge in [0.2, 0.25) is 0 Å². The van der Waals surface area contributed by atoms with Gasteiger partial charge in [-0.25, -0.2) is 4.79 Å². The molecule has 1 aromatic carbocycles. The van der Waals surface area contributed by atoms with Crippen molar-refractivity contribution in [3.8, 4) is 5.75 Å². The van der Waals surface area contributed by atoms with E-state index in [1.807, 2.05) is 12.9 Å². The molecule has 0 bridgehead atoms. The first-order valence-electron chi connectivity index (χ1n) is 3.20. The van der Waals surface area contributed by atoms with Gasteiger partial charge in [0.1, 0.15) is 12.5 Å². The molecule has 2 amide bonds. The Morgan fingerprint density at radius 2 is 1.43 bits per heavy atom. The number of carbonyl (C=O) groups is 2. The molecule has 0 heterocycles. The fourth-order valence-corrected chi connectivity index (χ4v) is 0.428. The standard InChI is InChI=1S/C6H6O.CH4N2O.CH2O.H3N/c7-6-4-2-1-3-5-6;2-1(3)4;1-2;/h1-5,7H;(H4,2,3,4);1H2;1H3. The second-order valence-corrected chi connectivity index (χ2v) is 1.74. The lowest BCUT2D eigenvalue weighted by Gasteiger charge is -1.82. The number of hydrogen-bond donors (Lipinski definition) is 4. The Kier molecular flexibility index (Phi) is 17.2. The van der Waals surface area contributed by atoms with E-state index in [4.69, 9.17) is 14.7 Å². The van der Waals surface area contributed by atoms with Gasteiger partial charge in [-0.05, 0) is 12.1 Å². The number of carbonyl (C=O) groups excluding carboxylic acids is 2. The summed E-state index contributed by atoms with van der Waals surface area (Å²) in [4.78, 5) is 17.0. The molecule has 0 aliphatic heterocycles. The molecule has 0 atom stereocenters. The molecule has 0 spiro atoms. The van der Waals surface area contributed by atoms with E-state index in [-0.39, 0.29) is 6.15 Å². The van der Waals surface area contributed by atoms with Gasteiger partial charge in [-0.3, -0.25) is 0 Å². The summed E-state index contributed by atoms with van der Waals surface area (Å²) in [5.41, 5.74) is 8.50. The lowest BCUT2D eigenvalue weighted by atomic mass is 10.3. The van der Waals surface area contributed by atoms with Crippen LogP contribution in [0.25, 0.3) is 0 Å². The van der Waals surface area contributed by atoms with Gasteiger partial charge in [0.05, 0.1) is 0 Å². The van der Waals surface area contributed by atoms with Crippen LogP contribution in [0.1, 0.15) is 0 Å². The summed E-state index contributed by atoms with van der Waals surface area (Å²) in [6.07, 6.45) is 0. The molecule has 14 heavy (non-hydrogen) atoms. The number of nitrogens with two attached hydrogens (primary N) is 2. The SMILES string of the molecule is C=O.N.NC(N)=O.Oc1ccccc1. The molecule has 1 rings (SSSR count). The molecule has 0 aliphatic rings. The molecule has 0 aromatic heterocycles. The summed E-state index contributed by atoms with van der Waals surface area (Å²) >= 11 is 0. The van der Waals surface area contributed by atoms with E-state index in [2.05, 4.69) is 11.5 Å². The number of amides is 2. The molecule has 6 heteroatoms. The second kappa shape index (κ2) is 13.5. The van der Waals surface area contributed by atoms with Crippen LogP contribution in [0.15, 0.2) is 30.3 Å². The van der Waals surface area contributed by atoms with Gasteiger partial charge in [0, 0.05) is 0 Å². The Bertz CT molecular complexity index is 225. The number of benzene rings is 1. The smallest absolute Gasteiger partial charge is 0.309 e.